The van der Waals surface area contributed by atoms with E-state index in [-0.39, 0.29) is 9.63 Å². The first-order valence-electron chi connectivity index (χ1n) is 5.68. The van der Waals surface area contributed by atoms with Gasteiger partial charge in [0.15, 0.2) is 6.20 Å². The molecule has 0 saturated heterocycles. The first-order valence-corrected chi connectivity index (χ1v) is 7.09. The van der Waals surface area contributed by atoms with Crippen molar-refractivity contribution in [3.63, 3.8) is 0 Å². The quantitative estimate of drug-likeness (QED) is 0.276. The number of hydrogen-bond donors (Lipinski definition) is 0. The molecular formula is C12H10N2O6S. The van der Waals surface area contributed by atoms with Crippen LogP contribution in [0.2, 0.25) is 0 Å². The summed E-state index contributed by atoms with van der Waals surface area (Å²) in [4.78, 5) is 9.82. The normalized spacial score (nSPS) is 11.1. The zero-order chi connectivity index (χ0) is 15.6. The Kier molecular flexibility index (Phi) is 3.76. The number of pyridine rings is 1. The van der Waals surface area contributed by atoms with Gasteiger partial charge >= 0.3 is 15.8 Å². The van der Waals surface area contributed by atoms with E-state index in [1.54, 1.807) is 19.1 Å². The Morgan fingerprint density at radius 2 is 1.81 bits per heavy atom. The molecule has 0 aliphatic carbocycles. The van der Waals surface area contributed by atoms with Crippen LogP contribution in [0, 0.1) is 22.2 Å². The maximum absolute atomic E-state index is 12.0. The second-order valence-corrected chi connectivity index (χ2v) is 5.71. The average molecular weight is 310 g/mol. The molecule has 21 heavy (non-hydrogen) atoms. The number of nitro groups is 1. The van der Waals surface area contributed by atoms with Crippen molar-refractivity contribution in [2.75, 3.05) is 0 Å². The van der Waals surface area contributed by atoms with Gasteiger partial charge in [-0.3, -0.25) is 10.1 Å². The largest absolute Gasteiger partial charge is 0.619 e. The second-order valence-electron chi connectivity index (χ2n) is 4.16. The summed E-state index contributed by atoms with van der Waals surface area (Å²) < 4.78 is 29.0. The molecule has 8 nitrogen and oxygen atoms in total. The van der Waals surface area contributed by atoms with Crippen LogP contribution in [0.4, 0.5) is 5.69 Å². The third-order valence-electron chi connectivity index (χ3n) is 2.58. The molecule has 0 spiro atoms. The van der Waals surface area contributed by atoms with Gasteiger partial charge in [0, 0.05) is 0 Å². The summed E-state index contributed by atoms with van der Waals surface area (Å²) in [5, 5.41) is 22.0. The summed E-state index contributed by atoms with van der Waals surface area (Å²) in [5.41, 5.74) is 0.231. The fourth-order valence-corrected chi connectivity index (χ4v) is 2.47. The fraction of sp³-hybridized carbons (Fsp3) is 0.0833. The molecule has 2 aromatic rings. The summed E-state index contributed by atoms with van der Waals surface area (Å²) in [5.74, 6) is -0.641. The van der Waals surface area contributed by atoms with Gasteiger partial charge in [-0.1, -0.05) is 17.7 Å². The van der Waals surface area contributed by atoms with E-state index >= 15 is 0 Å². The van der Waals surface area contributed by atoms with Crippen LogP contribution < -0.4 is 8.91 Å². The minimum absolute atomic E-state index is 0.163. The highest BCUT2D eigenvalue weighted by Gasteiger charge is 2.25. The van der Waals surface area contributed by atoms with Crippen LogP contribution in [0.1, 0.15) is 5.56 Å². The molecule has 110 valence electrons. The summed E-state index contributed by atoms with van der Waals surface area (Å²) in [7, 11) is -4.26. The topological polar surface area (TPSA) is 113 Å². The molecular weight excluding hydrogens is 300 g/mol. The maximum atomic E-state index is 12.0. The van der Waals surface area contributed by atoms with Crippen LogP contribution in [-0.4, -0.2) is 13.3 Å². The van der Waals surface area contributed by atoms with E-state index < -0.39 is 26.5 Å². The third kappa shape index (κ3) is 3.26. The summed E-state index contributed by atoms with van der Waals surface area (Å²) in [6, 6.07) is 6.61. The molecule has 0 aliphatic rings. The zero-order valence-electron chi connectivity index (χ0n) is 10.8. The van der Waals surface area contributed by atoms with Gasteiger partial charge in [0.1, 0.15) is 4.90 Å². The lowest BCUT2D eigenvalue weighted by Crippen LogP contribution is -2.25. The zero-order valence-corrected chi connectivity index (χ0v) is 11.6. The van der Waals surface area contributed by atoms with Crippen molar-refractivity contribution in [1.29, 1.82) is 0 Å². The SMILES string of the molecule is Cc1ccc(S(=O)(=O)Oc2c[n+]([O-])ccc2[N+](=O)[O-])cc1. The van der Waals surface area contributed by atoms with E-state index in [9.17, 15) is 23.7 Å². The van der Waals surface area contributed by atoms with E-state index in [1.807, 2.05) is 0 Å². The predicted molar refractivity (Wildman–Crippen MR) is 71.0 cm³/mol. The summed E-state index contributed by atoms with van der Waals surface area (Å²) in [6.45, 7) is 1.78. The summed E-state index contributed by atoms with van der Waals surface area (Å²) >= 11 is 0. The molecule has 0 fully saturated rings. The Balaban J connectivity index is 2.43. The van der Waals surface area contributed by atoms with Crippen molar-refractivity contribution in [2.24, 2.45) is 0 Å². The highest BCUT2D eigenvalue weighted by molar-refractivity contribution is 7.87. The Morgan fingerprint density at radius 1 is 1.19 bits per heavy atom. The van der Waals surface area contributed by atoms with Crippen molar-refractivity contribution in [1.82, 2.24) is 0 Å². The first-order chi connectivity index (χ1) is 9.79. The van der Waals surface area contributed by atoms with Gasteiger partial charge in [0.25, 0.3) is 5.75 Å². The Hall–Kier alpha value is -2.68. The average Bonchev–Trinajstić information content (AvgIpc) is 2.38. The Bertz CT molecular complexity index is 786. The van der Waals surface area contributed by atoms with E-state index in [2.05, 4.69) is 0 Å². The number of rotatable bonds is 4. The highest BCUT2D eigenvalue weighted by atomic mass is 32.2. The Labute approximate surface area is 120 Å². The lowest BCUT2D eigenvalue weighted by atomic mass is 10.2. The lowest BCUT2D eigenvalue weighted by molar-refractivity contribution is -0.606. The van der Waals surface area contributed by atoms with Gasteiger partial charge in [-0.05, 0) is 19.1 Å². The fourth-order valence-electron chi connectivity index (χ4n) is 1.54. The molecule has 0 saturated carbocycles. The molecule has 0 radical (unpaired) electrons. The molecule has 1 heterocycles. The molecule has 0 aliphatic heterocycles. The number of nitrogens with zero attached hydrogens (tertiary/aromatic N) is 2. The van der Waals surface area contributed by atoms with E-state index in [1.165, 1.54) is 12.1 Å². The van der Waals surface area contributed by atoms with Crippen molar-refractivity contribution in [2.45, 2.75) is 11.8 Å². The van der Waals surface area contributed by atoms with Crippen LogP contribution in [-0.2, 0) is 10.1 Å². The molecule has 0 atom stereocenters. The molecule has 1 aromatic heterocycles. The lowest BCUT2D eigenvalue weighted by Gasteiger charge is -2.07. The third-order valence-corrected chi connectivity index (χ3v) is 3.83. The van der Waals surface area contributed by atoms with Gasteiger partial charge in [0.05, 0.1) is 11.0 Å². The molecule has 0 unspecified atom stereocenters. The molecule has 1 aromatic carbocycles. The minimum atomic E-state index is -4.26. The molecule has 0 N–H and O–H groups in total. The second kappa shape index (κ2) is 5.37. The van der Waals surface area contributed by atoms with Crippen molar-refractivity contribution >= 4 is 15.8 Å². The predicted octanol–water partition coefficient (Wildman–Crippen LogP) is 1.30. The van der Waals surface area contributed by atoms with Crippen LogP contribution in [0.3, 0.4) is 0 Å². The maximum Gasteiger partial charge on any atom is 0.339 e. The summed E-state index contributed by atoms with van der Waals surface area (Å²) in [6.07, 6.45) is 1.56. The van der Waals surface area contributed by atoms with Gasteiger partial charge in [-0.25, -0.2) is 0 Å². The molecule has 0 bridgehead atoms. The van der Waals surface area contributed by atoms with E-state index in [0.717, 1.165) is 17.8 Å². The van der Waals surface area contributed by atoms with E-state index in [0.29, 0.717) is 6.20 Å². The van der Waals surface area contributed by atoms with Crippen molar-refractivity contribution in [3.8, 4) is 5.75 Å². The van der Waals surface area contributed by atoms with Crippen LogP contribution in [0.25, 0.3) is 0 Å². The molecule has 0 amide bonds. The van der Waals surface area contributed by atoms with E-state index in [4.69, 9.17) is 4.18 Å². The highest BCUT2D eigenvalue weighted by Crippen LogP contribution is 2.27. The van der Waals surface area contributed by atoms with Crippen molar-refractivity contribution in [3.05, 3.63) is 63.6 Å². The van der Waals surface area contributed by atoms with Gasteiger partial charge in [-0.15, -0.1) is 0 Å². The number of aromatic nitrogens is 1. The van der Waals surface area contributed by atoms with Crippen molar-refractivity contribution < 1.29 is 22.3 Å². The number of benzene rings is 1. The van der Waals surface area contributed by atoms with Crippen LogP contribution in [0.5, 0.6) is 5.75 Å². The van der Waals surface area contributed by atoms with Crippen LogP contribution in [0.15, 0.2) is 47.6 Å². The van der Waals surface area contributed by atoms with Gasteiger partial charge < -0.3 is 9.39 Å². The first kappa shape index (κ1) is 14.7. The monoisotopic (exact) mass is 310 g/mol. The molecule has 2 rings (SSSR count). The number of hydrogen-bond acceptors (Lipinski definition) is 6. The minimum Gasteiger partial charge on any atom is -0.619 e. The van der Waals surface area contributed by atoms with Crippen LogP contribution >= 0.6 is 0 Å². The molecule has 9 heteroatoms. The standard InChI is InChI=1S/C12H10N2O6S/c1-9-2-4-10(5-3-9)21(18,19)20-12-8-13(15)7-6-11(12)14(16)17/h2-8H,1H3. The van der Waals surface area contributed by atoms with Gasteiger partial charge in [0.2, 0.25) is 6.20 Å². The Morgan fingerprint density at radius 3 is 2.38 bits per heavy atom. The number of aryl methyl sites for hydroxylation is 1. The van der Waals surface area contributed by atoms with Gasteiger partial charge in [-0.2, -0.15) is 13.1 Å². The smallest absolute Gasteiger partial charge is 0.339 e.